The van der Waals surface area contributed by atoms with E-state index in [2.05, 4.69) is 55.4 Å². The predicted octanol–water partition coefficient (Wildman–Crippen LogP) is 3.35. The average molecular weight is 241 g/mol. The van der Waals surface area contributed by atoms with E-state index in [9.17, 15) is 0 Å². The molecule has 0 aliphatic carbocycles. The van der Waals surface area contributed by atoms with E-state index in [1.165, 1.54) is 16.8 Å². The van der Waals surface area contributed by atoms with Crippen molar-refractivity contribution in [3.63, 3.8) is 0 Å². The van der Waals surface area contributed by atoms with Crippen LogP contribution in [-0.2, 0) is 6.42 Å². The van der Waals surface area contributed by atoms with Crippen LogP contribution < -0.4 is 9.64 Å². The van der Waals surface area contributed by atoms with Crippen LogP contribution in [0.5, 0.6) is 5.75 Å². The van der Waals surface area contributed by atoms with E-state index in [1.807, 2.05) is 12.1 Å². The van der Waals surface area contributed by atoms with Crippen LogP contribution in [0, 0.1) is 0 Å². The third-order valence-corrected chi connectivity index (χ3v) is 3.03. The smallest absolute Gasteiger partial charge is 0.118 e. The van der Waals surface area contributed by atoms with E-state index in [0.29, 0.717) is 0 Å². The number of hydrogen-bond donors (Lipinski definition) is 0. The van der Waals surface area contributed by atoms with Gasteiger partial charge in [0.05, 0.1) is 7.11 Å². The Morgan fingerprint density at radius 2 is 1.61 bits per heavy atom. The van der Waals surface area contributed by atoms with Crippen molar-refractivity contribution in [1.82, 2.24) is 0 Å². The third kappa shape index (κ3) is 2.83. The van der Waals surface area contributed by atoms with Gasteiger partial charge < -0.3 is 9.64 Å². The van der Waals surface area contributed by atoms with E-state index >= 15 is 0 Å². The minimum Gasteiger partial charge on any atom is -0.497 e. The van der Waals surface area contributed by atoms with Gasteiger partial charge in [-0.05, 0) is 35.7 Å². The molecule has 0 N–H and O–H groups in total. The lowest BCUT2D eigenvalue weighted by Gasteiger charge is -2.17. The van der Waals surface area contributed by atoms with Gasteiger partial charge >= 0.3 is 0 Å². The summed E-state index contributed by atoms with van der Waals surface area (Å²) in [6, 6.07) is 16.7. The van der Waals surface area contributed by atoms with Crippen LogP contribution in [0.3, 0.4) is 0 Å². The van der Waals surface area contributed by atoms with Crippen molar-refractivity contribution >= 4 is 5.69 Å². The lowest BCUT2D eigenvalue weighted by Crippen LogP contribution is -2.11. The highest BCUT2D eigenvalue weighted by Crippen LogP contribution is 2.22. The molecule has 0 radical (unpaired) electrons. The zero-order valence-corrected chi connectivity index (χ0v) is 11.2. The minimum atomic E-state index is 0.902. The molecule has 0 spiro atoms. The topological polar surface area (TPSA) is 12.5 Å². The molecule has 2 heteroatoms. The van der Waals surface area contributed by atoms with Gasteiger partial charge in [0, 0.05) is 19.8 Å². The normalized spacial score (nSPS) is 10.2. The van der Waals surface area contributed by atoms with E-state index in [0.717, 1.165) is 12.2 Å². The molecule has 0 amide bonds. The monoisotopic (exact) mass is 241 g/mol. The first-order valence-electron chi connectivity index (χ1n) is 6.09. The summed E-state index contributed by atoms with van der Waals surface area (Å²) in [5.41, 5.74) is 3.91. The molecule has 94 valence electrons. The SMILES string of the molecule is COc1ccc(Cc2ccccc2N(C)C)cc1. The van der Waals surface area contributed by atoms with Gasteiger partial charge in [0.1, 0.15) is 5.75 Å². The summed E-state index contributed by atoms with van der Waals surface area (Å²) in [6.45, 7) is 0. The van der Waals surface area contributed by atoms with Crippen LogP contribution in [-0.4, -0.2) is 21.2 Å². The van der Waals surface area contributed by atoms with Crippen molar-refractivity contribution in [2.24, 2.45) is 0 Å². The van der Waals surface area contributed by atoms with Crippen LogP contribution in [0.2, 0.25) is 0 Å². The zero-order chi connectivity index (χ0) is 13.0. The summed E-state index contributed by atoms with van der Waals surface area (Å²) in [5.74, 6) is 0.902. The lowest BCUT2D eigenvalue weighted by molar-refractivity contribution is 0.414. The van der Waals surface area contributed by atoms with Crippen LogP contribution in [0.15, 0.2) is 48.5 Å². The molecular formula is C16H19NO. The number of nitrogens with zero attached hydrogens (tertiary/aromatic N) is 1. The highest BCUT2D eigenvalue weighted by molar-refractivity contribution is 5.54. The maximum Gasteiger partial charge on any atom is 0.118 e. The van der Waals surface area contributed by atoms with E-state index in [1.54, 1.807) is 7.11 Å². The zero-order valence-electron chi connectivity index (χ0n) is 11.2. The van der Waals surface area contributed by atoms with E-state index in [4.69, 9.17) is 4.74 Å². The van der Waals surface area contributed by atoms with Gasteiger partial charge in [-0.1, -0.05) is 30.3 Å². The van der Waals surface area contributed by atoms with Gasteiger partial charge in [0.2, 0.25) is 0 Å². The maximum absolute atomic E-state index is 5.17. The molecule has 2 nitrogen and oxygen atoms in total. The van der Waals surface area contributed by atoms with Gasteiger partial charge in [-0.2, -0.15) is 0 Å². The Kier molecular flexibility index (Phi) is 3.88. The first kappa shape index (κ1) is 12.5. The van der Waals surface area contributed by atoms with Crippen molar-refractivity contribution in [3.8, 4) is 5.75 Å². The van der Waals surface area contributed by atoms with Gasteiger partial charge in [-0.3, -0.25) is 0 Å². The van der Waals surface area contributed by atoms with Gasteiger partial charge in [-0.25, -0.2) is 0 Å². The predicted molar refractivity (Wildman–Crippen MR) is 76.6 cm³/mol. The number of para-hydroxylation sites is 1. The Morgan fingerprint density at radius 3 is 2.22 bits per heavy atom. The first-order chi connectivity index (χ1) is 8.70. The van der Waals surface area contributed by atoms with Gasteiger partial charge in [0.25, 0.3) is 0 Å². The Bertz CT molecular complexity index is 503. The maximum atomic E-state index is 5.17. The molecule has 0 aliphatic heterocycles. The fourth-order valence-electron chi connectivity index (χ4n) is 2.06. The number of methoxy groups -OCH3 is 1. The summed E-state index contributed by atoms with van der Waals surface area (Å²) in [5, 5.41) is 0. The molecule has 0 saturated heterocycles. The highest BCUT2D eigenvalue weighted by atomic mass is 16.5. The van der Waals surface area contributed by atoms with Crippen LogP contribution in [0.1, 0.15) is 11.1 Å². The second kappa shape index (κ2) is 5.58. The Balaban J connectivity index is 2.22. The highest BCUT2D eigenvalue weighted by Gasteiger charge is 2.04. The van der Waals surface area contributed by atoms with Crippen molar-refractivity contribution in [1.29, 1.82) is 0 Å². The quantitative estimate of drug-likeness (QED) is 0.814. The standard InChI is InChI=1S/C16H19NO/c1-17(2)16-7-5-4-6-14(16)12-13-8-10-15(18-3)11-9-13/h4-11H,12H2,1-3H3. The number of ether oxygens (including phenoxy) is 1. The summed E-state index contributed by atoms with van der Waals surface area (Å²) < 4.78 is 5.17. The molecule has 2 rings (SSSR count). The summed E-state index contributed by atoms with van der Waals surface area (Å²) in [4.78, 5) is 2.15. The molecule has 0 saturated carbocycles. The molecular weight excluding hydrogens is 222 g/mol. The van der Waals surface area contributed by atoms with Crippen molar-refractivity contribution in [2.75, 3.05) is 26.1 Å². The molecule has 2 aromatic rings. The minimum absolute atomic E-state index is 0.902. The number of rotatable bonds is 4. The van der Waals surface area contributed by atoms with E-state index < -0.39 is 0 Å². The van der Waals surface area contributed by atoms with Crippen LogP contribution in [0.4, 0.5) is 5.69 Å². The Morgan fingerprint density at radius 1 is 0.944 bits per heavy atom. The fraction of sp³-hybridized carbons (Fsp3) is 0.250. The molecule has 2 aromatic carbocycles. The Hall–Kier alpha value is -1.96. The molecule has 0 unspecified atom stereocenters. The summed E-state index contributed by atoms with van der Waals surface area (Å²) in [7, 11) is 5.84. The van der Waals surface area contributed by atoms with Crippen molar-refractivity contribution < 1.29 is 4.74 Å². The summed E-state index contributed by atoms with van der Waals surface area (Å²) in [6.07, 6.45) is 0.943. The van der Waals surface area contributed by atoms with Gasteiger partial charge in [0.15, 0.2) is 0 Å². The molecule has 0 atom stereocenters. The Labute approximate surface area is 109 Å². The molecule has 0 fully saturated rings. The molecule has 0 heterocycles. The fourth-order valence-corrected chi connectivity index (χ4v) is 2.06. The molecule has 18 heavy (non-hydrogen) atoms. The molecule has 0 aliphatic rings. The molecule has 0 aromatic heterocycles. The largest absolute Gasteiger partial charge is 0.497 e. The number of benzene rings is 2. The molecule has 0 bridgehead atoms. The summed E-state index contributed by atoms with van der Waals surface area (Å²) >= 11 is 0. The van der Waals surface area contributed by atoms with Gasteiger partial charge in [-0.15, -0.1) is 0 Å². The second-order valence-electron chi connectivity index (χ2n) is 4.55. The van der Waals surface area contributed by atoms with Crippen molar-refractivity contribution in [3.05, 3.63) is 59.7 Å². The third-order valence-electron chi connectivity index (χ3n) is 3.03. The average Bonchev–Trinajstić information content (AvgIpc) is 2.40. The first-order valence-corrected chi connectivity index (χ1v) is 6.09. The van der Waals surface area contributed by atoms with Crippen LogP contribution >= 0.6 is 0 Å². The number of hydrogen-bond acceptors (Lipinski definition) is 2. The van der Waals surface area contributed by atoms with E-state index in [-0.39, 0.29) is 0 Å². The van der Waals surface area contributed by atoms with Crippen molar-refractivity contribution in [2.45, 2.75) is 6.42 Å². The lowest BCUT2D eigenvalue weighted by atomic mass is 10.0. The number of anilines is 1. The van der Waals surface area contributed by atoms with Crippen LogP contribution in [0.25, 0.3) is 0 Å². The second-order valence-corrected chi connectivity index (χ2v) is 4.55.